The fourth-order valence-corrected chi connectivity index (χ4v) is 5.43. The Labute approximate surface area is 177 Å². The second-order valence-corrected chi connectivity index (χ2v) is 9.58. The lowest BCUT2D eigenvalue weighted by Crippen LogP contribution is -2.51. The largest absolute Gasteiger partial charge is 0.343 e. The van der Waals surface area contributed by atoms with Crippen molar-refractivity contribution in [3.05, 3.63) is 88.5 Å². The number of hydrogen-bond donors (Lipinski definition) is 0. The molecule has 154 valence electrons. The van der Waals surface area contributed by atoms with Gasteiger partial charge in [-0.3, -0.25) is 4.90 Å². The lowest BCUT2D eigenvalue weighted by atomic mass is 10.0. The summed E-state index contributed by atoms with van der Waals surface area (Å²) in [4.78, 5) is 15.3. The van der Waals surface area contributed by atoms with Gasteiger partial charge in [-0.15, -0.1) is 0 Å². The number of aryl methyl sites for hydroxylation is 4. The zero-order valence-corrected chi connectivity index (χ0v) is 18.3. The lowest BCUT2D eigenvalue weighted by Gasteiger charge is -2.37. The van der Waals surface area contributed by atoms with Gasteiger partial charge in [0.2, 0.25) is 0 Å². The molecule has 6 heteroatoms. The number of urea groups is 1. The molecule has 30 heavy (non-hydrogen) atoms. The van der Waals surface area contributed by atoms with Crippen molar-refractivity contribution in [3.8, 4) is 0 Å². The molecule has 0 N–H and O–H groups in total. The highest BCUT2D eigenvalue weighted by atomic mass is 32.2. The molecule has 0 unspecified atom stereocenters. The molecule has 0 saturated carbocycles. The van der Waals surface area contributed by atoms with Crippen LogP contribution in [0.5, 0.6) is 0 Å². The summed E-state index contributed by atoms with van der Waals surface area (Å²) in [5.41, 5.74) is 5.54. The quantitative estimate of drug-likeness (QED) is 0.581. The molecule has 0 spiro atoms. The highest BCUT2D eigenvalue weighted by Crippen LogP contribution is 2.39. The van der Waals surface area contributed by atoms with Crippen molar-refractivity contribution in [1.29, 1.82) is 0 Å². The van der Waals surface area contributed by atoms with Crippen LogP contribution in [-0.2, 0) is 16.6 Å². The van der Waals surface area contributed by atoms with E-state index in [1.54, 1.807) is 35.2 Å². The molecule has 0 aromatic heterocycles. The summed E-state index contributed by atoms with van der Waals surface area (Å²) in [5, 5.41) is 0. The molecule has 0 atom stereocenters. The molecule has 1 aliphatic rings. The van der Waals surface area contributed by atoms with E-state index in [0.29, 0.717) is 17.9 Å². The van der Waals surface area contributed by atoms with Crippen molar-refractivity contribution in [2.45, 2.75) is 39.1 Å². The average Bonchev–Trinajstić information content (AvgIpc) is 2.70. The van der Waals surface area contributed by atoms with Crippen molar-refractivity contribution >= 4 is 27.4 Å². The lowest BCUT2D eigenvalue weighted by molar-refractivity contribution is 0.253. The Kier molecular flexibility index (Phi) is 4.90. The number of carbonyl (C=O) groups excluding carboxylic acids is 1. The van der Waals surface area contributed by atoms with E-state index >= 15 is 0 Å². The maximum atomic E-state index is 13.6. The smallest absolute Gasteiger partial charge is 0.287 e. The minimum atomic E-state index is -4.03. The topological polar surface area (TPSA) is 57.7 Å². The molecular weight excluding hydrogens is 396 g/mol. The minimum Gasteiger partial charge on any atom is -0.287 e. The van der Waals surface area contributed by atoms with Crippen LogP contribution in [0.4, 0.5) is 16.2 Å². The van der Waals surface area contributed by atoms with Crippen molar-refractivity contribution in [3.63, 3.8) is 0 Å². The maximum absolute atomic E-state index is 13.6. The number of anilines is 2. The van der Waals surface area contributed by atoms with Crippen LogP contribution in [0, 0.1) is 27.7 Å². The van der Waals surface area contributed by atoms with Gasteiger partial charge in [-0.25, -0.2) is 13.2 Å². The molecule has 3 aromatic carbocycles. The summed E-state index contributed by atoms with van der Waals surface area (Å²) in [7, 11) is -4.03. The SMILES string of the molecule is Cc1ccc(C)c(CN2C(=O)N(c3cc(C)ccc3C)S(=O)(=O)c3ccccc32)c1. The minimum absolute atomic E-state index is 0.135. The molecule has 0 aliphatic carbocycles. The molecule has 0 fully saturated rings. The first-order valence-corrected chi connectivity index (χ1v) is 11.2. The van der Waals surface area contributed by atoms with Gasteiger partial charge in [-0.1, -0.05) is 48.0 Å². The summed E-state index contributed by atoms with van der Waals surface area (Å²) >= 11 is 0. The van der Waals surface area contributed by atoms with Gasteiger partial charge in [0.05, 0.1) is 17.9 Å². The molecule has 2 amide bonds. The van der Waals surface area contributed by atoms with E-state index in [0.717, 1.165) is 32.1 Å². The third kappa shape index (κ3) is 3.27. The molecule has 0 saturated heterocycles. The number of fused-ring (bicyclic) bond motifs is 1. The van der Waals surface area contributed by atoms with Crippen LogP contribution in [0.1, 0.15) is 27.8 Å². The van der Waals surface area contributed by atoms with E-state index in [1.165, 1.54) is 0 Å². The van der Waals surface area contributed by atoms with Gasteiger partial charge in [-0.2, -0.15) is 4.31 Å². The second-order valence-electron chi connectivity index (χ2n) is 7.83. The van der Waals surface area contributed by atoms with E-state index in [2.05, 4.69) is 0 Å². The molecule has 1 aliphatic heterocycles. The Morgan fingerprint density at radius 3 is 2.13 bits per heavy atom. The highest BCUT2D eigenvalue weighted by Gasteiger charge is 2.43. The maximum Gasteiger partial charge on any atom is 0.343 e. The zero-order valence-electron chi connectivity index (χ0n) is 17.5. The normalized spacial score (nSPS) is 15.3. The summed E-state index contributed by atoms with van der Waals surface area (Å²) in [6.07, 6.45) is 0. The molecule has 0 radical (unpaired) electrons. The van der Waals surface area contributed by atoms with Gasteiger partial charge in [0.15, 0.2) is 0 Å². The predicted molar refractivity (Wildman–Crippen MR) is 120 cm³/mol. The van der Waals surface area contributed by atoms with Crippen LogP contribution in [0.15, 0.2) is 65.6 Å². The molecule has 3 aromatic rings. The van der Waals surface area contributed by atoms with E-state index in [-0.39, 0.29) is 4.90 Å². The number of nitrogens with zero attached hydrogens (tertiary/aromatic N) is 2. The fourth-order valence-electron chi connectivity index (χ4n) is 3.78. The summed E-state index contributed by atoms with van der Waals surface area (Å²) in [5.74, 6) is 0. The second kappa shape index (κ2) is 7.29. The molecule has 1 heterocycles. The van der Waals surface area contributed by atoms with Crippen molar-refractivity contribution in [1.82, 2.24) is 0 Å². The highest BCUT2D eigenvalue weighted by molar-refractivity contribution is 7.94. The van der Waals surface area contributed by atoms with Crippen LogP contribution >= 0.6 is 0 Å². The molecule has 4 rings (SSSR count). The number of amides is 2. The number of rotatable bonds is 3. The molecular formula is C24H24N2O3S. The number of sulfonamides is 1. The Hall–Kier alpha value is -3.12. The predicted octanol–water partition coefficient (Wildman–Crippen LogP) is 5.26. The average molecular weight is 421 g/mol. The van der Waals surface area contributed by atoms with Crippen LogP contribution in [0.25, 0.3) is 0 Å². The standard InChI is InChI=1S/C24H24N2O3S/c1-16-9-11-18(3)20(13-16)15-25-21-7-5-6-8-23(21)30(28,29)26(24(25)27)22-14-17(2)10-12-19(22)4/h5-14H,15H2,1-4H3. The van der Waals surface area contributed by atoms with Gasteiger partial charge in [-0.05, 0) is 68.1 Å². The van der Waals surface area contributed by atoms with Gasteiger partial charge < -0.3 is 0 Å². The first-order chi connectivity index (χ1) is 14.2. The molecule has 5 nitrogen and oxygen atoms in total. The van der Waals surface area contributed by atoms with E-state index < -0.39 is 16.1 Å². The van der Waals surface area contributed by atoms with E-state index in [1.807, 2.05) is 58.0 Å². The third-order valence-corrected chi connectivity index (χ3v) is 7.23. The van der Waals surface area contributed by atoms with E-state index in [9.17, 15) is 13.2 Å². The van der Waals surface area contributed by atoms with Crippen molar-refractivity contribution in [2.24, 2.45) is 0 Å². The number of para-hydroxylation sites is 1. The van der Waals surface area contributed by atoms with Crippen LogP contribution in [0.2, 0.25) is 0 Å². The summed E-state index contributed by atoms with van der Waals surface area (Å²) in [6, 6.07) is 17.7. The summed E-state index contributed by atoms with van der Waals surface area (Å²) in [6.45, 7) is 7.98. The van der Waals surface area contributed by atoms with Crippen molar-refractivity contribution < 1.29 is 13.2 Å². The first-order valence-electron chi connectivity index (χ1n) is 9.79. The van der Waals surface area contributed by atoms with Gasteiger partial charge in [0.25, 0.3) is 10.0 Å². The van der Waals surface area contributed by atoms with Gasteiger partial charge in [0.1, 0.15) is 4.90 Å². The van der Waals surface area contributed by atoms with Crippen LogP contribution < -0.4 is 9.21 Å². The zero-order chi connectivity index (χ0) is 21.6. The fraction of sp³-hybridized carbons (Fsp3) is 0.208. The number of benzene rings is 3. The Morgan fingerprint density at radius 1 is 0.767 bits per heavy atom. The number of carbonyl (C=O) groups is 1. The van der Waals surface area contributed by atoms with Crippen LogP contribution in [-0.4, -0.2) is 14.4 Å². The molecule has 0 bridgehead atoms. The summed E-state index contributed by atoms with van der Waals surface area (Å²) < 4.78 is 27.9. The van der Waals surface area contributed by atoms with Crippen LogP contribution in [0.3, 0.4) is 0 Å². The third-order valence-electron chi connectivity index (χ3n) is 5.50. The Morgan fingerprint density at radius 2 is 1.40 bits per heavy atom. The number of hydrogen-bond acceptors (Lipinski definition) is 3. The van der Waals surface area contributed by atoms with E-state index in [4.69, 9.17) is 0 Å². The first kappa shape index (κ1) is 20.2. The monoisotopic (exact) mass is 420 g/mol. The van der Waals surface area contributed by atoms with Gasteiger partial charge in [0, 0.05) is 0 Å². The Balaban J connectivity index is 1.92. The van der Waals surface area contributed by atoms with Crippen molar-refractivity contribution in [2.75, 3.05) is 9.21 Å². The van der Waals surface area contributed by atoms with Gasteiger partial charge >= 0.3 is 6.03 Å². The Bertz CT molecular complexity index is 1270.